The lowest BCUT2D eigenvalue weighted by molar-refractivity contribution is 0.739. The Hall–Kier alpha value is -1.41. The fourth-order valence-electron chi connectivity index (χ4n) is 2.26. The molecule has 16 heavy (non-hydrogen) atoms. The van der Waals surface area contributed by atoms with E-state index in [0.717, 1.165) is 5.69 Å². The van der Waals surface area contributed by atoms with E-state index in [1.807, 2.05) is 0 Å². The first-order valence-electron chi connectivity index (χ1n) is 5.42. The van der Waals surface area contributed by atoms with Gasteiger partial charge < -0.3 is 0 Å². The van der Waals surface area contributed by atoms with Gasteiger partial charge in [-0.1, -0.05) is 38.1 Å². The Morgan fingerprint density at radius 3 is 2.56 bits per heavy atom. The fraction of sp³-hybridized carbons (Fsp3) is 0.214. The molecule has 3 rings (SSSR count). The molecule has 0 radical (unpaired) electrons. The predicted octanol–water partition coefficient (Wildman–Crippen LogP) is 4.16. The molecule has 2 heterocycles. The maximum Gasteiger partial charge on any atom is 0.0683 e. The summed E-state index contributed by atoms with van der Waals surface area (Å²) in [6, 6.07) is 12.7. The highest BCUT2D eigenvalue weighted by Crippen LogP contribution is 2.42. The summed E-state index contributed by atoms with van der Waals surface area (Å²) in [5.41, 5.74) is 3.68. The van der Waals surface area contributed by atoms with Crippen molar-refractivity contribution in [2.24, 2.45) is 4.99 Å². The van der Waals surface area contributed by atoms with Gasteiger partial charge in [0, 0.05) is 10.3 Å². The molecule has 80 valence electrons. The van der Waals surface area contributed by atoms with Crippen molar-refractivity contribution in [3.05, 3.63) is 52.2 Å². The van der Waals surface area contributed by atoms with E-state index < -0.39 is 0 Å². The highest BCUT2D eigenvalue weighted by Gasteiger charge is 2.35. The standard InChI is InChI=1S/C14H13NS/c1-14(2)10-6-3-4-7-11(10)15-13(14)12-8-5-9-16-12/h3-9H,1-2H3. The van der Waals surface area contributed by atoms with E-state index in [4.69, 9.17) is 4.99 Å². The number of fused-ring (bicyclic) bond motifs is 1. The van der Waals surface area contributed by atoms with Crippen LogP contribution in [0.4, 0.5) is 5.69 Å². The van der Waals surface area contributed by atoms with Crippen molar-refractivity contribution in [3.8, 4) is 0 Å². The predicted molar refractivity (Wildman–Crippen MR) is 70.0 cm³/mol. The van der Waals surface area contributed by atoms with Gasteiger partial charge in [0.1, 0.15) is 0 Å². The van der Waals surface area contributed by atoms with E-state index >= 15 is 0 Å². The van der Waals surface area contributed by atoms with E-state index in [0.29, 0.717) is 0 Å². The topological polar surface area (TPSA) is 12.4 Å². The zero-order valence-corrected chi connectivity index (χ0v) is 10.2. The van der Waals surface area contributed by atoms with Crippen LogP contribution >= 0.6 is 11.3 Å². The summed E-state index contributed by atoms with van der Waals surface area (Å²) in [5, 5.41) is 2.11. The van der Waals surface area contributed by atoms with Crippen molar-refractivity contribution in [1.29, 1.82) is 0 Å². The summed E-state index contributed by atoms with van der Waals surface area (Å²) in [4.78, 5) is 6.05. The average Bonchev–Trinajstić information content (AvgIpc) is 2.86. The van der Waals surface area contributed by atoms with Gasteiger partial charge in [0.05, 0.1) is 11.4 Å². The molecule has 1 aliphatic rings. The summed E-state index contributed by atoms with van der Waals surface area (Å²) in [6.45, 7) is 4.49. The van der Waals surface area contributed by atoms with Crippen LogP contribution in [0.15, 0.2) is 46.8 Å². The third-order valence-corrected chi connectivity index (χ3v) is 4.03. The van der Waals surface area contributed by atoms with E-state index in [-0.39, 0.29) is 5.41 Å². The maximum absolute atomic E-state index is 4.77. The van der Waals surface area contributed by atoms with Gasteiger partial charge in [-0.3, -0.25) is 4.99 Å². The van der Waals surface area contributed by atoms with Gasteiger partial charge in [-0.15, -0.1) is 11.3 Å². The lowest BCUT2D eigenvalue weighted by Crippen LogP contribution is -2.25. The summed E-state index contributed by atoms with van der Waals surface area (Å²) in [6.07, 6.45) is 0. The summed E-state index contributed by atoms with van der Waals surface area (Å²) in [7, 11) is 0. The van der Waals surface area contributed by atoms with E-state index in [2.05, 4.69) is 55.6 Å². The lowest BCUT2D eigenvalue weighted by Gasteiger charge is -2.21. The maximum atomic E-state index is 4.77. The number of hydrogen-bond donors (Lipinski definition) is 0. The minimum Gasteiger partial charge on any atom is -0.251 e. The molecular weight excluding hydrogens is 214 g/mol. The van der Waals surface area contributed by atoms with Crippen molar-refractivity contribution in [1.82, 2.24) is 0 Å². The van der Waals surface area contributed by atoms with Crippen molar-refractivity contribution >= 4 is 22.7 Å². The van der Waals surface area contributed by atoms with E-state index in [1.54, 1.807) is 11.3 Å². The summed E-state index contributed by atoms with van der Waals surface area (Å²) >= 11 is 1.76. The quantitative estimate of drug-likeness (QED) is 0.693. The first kappa shape index (κ1) is 9.79. The van der Waals surface area contributed by atoms with Gasteiger partial charge in [0.2, 0.25) is 0 Å². The second-order valence-corrected chi connectivity index (χ2v) is 5.53. The molecule has 0 unspecified atom stereocenters. The molecule has 0 aliphatic carbocycles. The largest absolute Gasteiger partial charge is 0.251 e. The van der Waals surface area contributed by atoms with Crippen LogP contribution < -0.4 is 0 Å². The highest BCUT2D eigenvalue weighted by molar-refractivity contribution is 7.12. The fourth-order valence-corrected chi connectivity index (χ4v) is 3.14. The molecule has 0 amide bonds. The van der Waals surface area contributed by atoms with Crippen LogP contribution in [0.1, 0.15) is 24.3 Å². The van der Waals surface area contributed by atoms with Crippen molar-refractivity contribution in [3.63, 3.8) is 0 Å². The Labute approximate surface area is 99.5 Å². The second-order valence-electron chi connectivity index (χ2n) is 4.58. The molecule has 0 spiro atoms. The van der Waals surface area contributed by atoms with E-state index in [9.17, 15) is 0 Å². The van der Waals surface area contributed by atoms with Crippen molar-refractivity contribution < 1.29 is 0 Å². The molecule has 1 aromatic carbocycles. The first-order valence-corrected chi connectivity index (χ1v) is 6.30. The normalized spacial score (nSPS) is 17.0. The molecule has 0 N–H and O–H groups in total. The SMILES string of the molecule is CC1(C)C(c2cccs2)=Nc2ccccc21. The van der Waals surface area contributed by atoms with Crippen molar-refractivity contribution in [2.45, 2.75) is 19.3 Å². The highest BCUT2D eigenvalue weighted by atomic mass is 32.1. The van der Waals surface area contributed by atoms with Gasteiger partial charge in [-0.05, 0) is 23.1 Å². The molecule has 2 aromatic rings. The molecule has 1 aromatic heterocycles. The molecule has 0 saturated carbocycles. The second kappa shape index (κ2) is 3.29. The molecule has 0 fully saturated rings. The Balaban J connectivity index is 2.19. The number of benzene rings is 1. The number of rotatable bonds is 1. The number of thiophene rings is 1. The Morgan fingerprint density at radius 1 is 1.06 bits per heavy atom. The van der Waals surface area contributed by atoms with Crippen LogP contribution in [0.25, 0.3) is 0 Å². The molecule has 0 saturated heterocycles. The average molecular weight is 227 g/mol. The number of aliphatic imine (C=N–C) groups is 1. The minimum atomic E-state index is 0.0292. The van der Waals surface area contributed by atoms with Crippen LogP contribution in [0.3, 0.4) is 0 Å². The third-order valence-electron chi connectivity index (χ3n) is 3.16. The van der Waals surface area contributed by atoms with Crippen molar-refractivity contribution in [2.75, 3.05) is 0 Å². The van der Waals surface area contributed by atoms with Crippen LogP contribution in [-0.2, 0) is 5.41 Å². The Bertz CT molecular complexity index is 550. The van der Waals surface area contributed by atoms with Crippen LogP contribution in [0.5, 0.6) is 0 Å². The molecule has 1 nitrogen and oxygen atoms in total. The Morgan fingerprint density at radius 2 is 1.88 bits per heavy atom. The van der Waals surface area contributed by atoms with Gasteiger partial charge >= 0.3 is 0 Å². The summed E-state index contributed by atoms with van der Waals surface area (Å²) in [5.74, 6) is 0. The molecule has 1 aliphatic heterocycles. The van der Waals surface area contributed by atoms with Gasteiger partial charge in [-0.25, -0.2) is 0 Å². The van der Waals surface area contributed by atoms with Crippen LogP contribution in [0.2, 0.25) is 0 Å². The first-order chi connectivity index (χ1) is 7.69. The number of para-hydroxylation sites is 1. The summed E-state index contributed by atoms with van der Waals surface area (Å²) < 4.78 is 0. The van der Waals surface area contributed by atoms with Gasteiger partial charge in [-0.2, -0.15) is 0 Å². The van der Waals surface area contributed by atoms with Crippen LogP contribution in [-0.4, -0.2) is 5.71 Å². The number of nitrogens with zero attached hydrogens (tertiary/aromatic N) is 1. The van der Waals surface area contributed by atoms with Gasteiger partial charge in [0.25, 0.3) is 0 Å². The minimum absolute atomic E-state index is 0.0292. The van der Waals surface area contributed by atoms with Gasteiger partial charge in [0.15, 0.2) is 0 Å². The van der Waals surface area contributed by atoms with E-state index in [1.165, 1.54) is 16.2 Å². The monoisotopic (exact) mass is 227 g/mol. The number of hydrogen-bond acceptors (Lipinski definition) is 2. The Kier molecular flexibility index (Phi) is 2.01. The molecule has 0 bridgehead atoms. The third kappa shape index (κ3) is 1.26. The lowest BCUT2D eigenvalue weighted by atomic mass is 9.81. The molecule has 2 heteroatoms. The molecular formula is C14H13NS. The smallest absolute Gasteiger partial charge is 0.0683 e. The zero-order chi connectivity index (χ0) is 11.2. The zero-order valence-electron chi connectivity index (χ0n) is 9.40. The van der Waals surface area contributed by atoms with Crippen LogP contribution in [0, 0.1) is 0 Å². The molecule has 0 atom stereocenters.